The first-order valence-corrected chi connectivity index (χ1v) is 8.49. The fourth-order valence-corrected chi connectivity index (χ4v) is 3.27. The molecule has 2 heterocycles. The maximum absolute atomic E-state index is 12.3. The van der Waals surface area contributed by atoms with E-state index >= 15 is 0 Å². The second kappa shape index (κ2) is 6.69. The number of hydrogen-bond acceptors (Lipinski definition) is 4. The molecule has 1 saturated heterocycles. The van der Waals surface area contributed by atoms with Crippen molar-refractivity contribution in [2.75, 3.05) is 11.4 Å². The molecule has 1 aliphatic heterocycles. The van der Waals surface area contributed by atoms with Crippen molar-refractivity contribution in [1.82, 2.24) is 10.2 Å². The van der Waals surface area contributed by atoms with Crippen LogP contribution in [0.15, 0.2) is 59.0 Å². The number of carbonyl (C=O) groups excluding carboxylic acids is 1. The van der Waals surface area contributed by atoms with Gasteiger partial charge in [0.2, 0.25) is 17.7 Å². The molecule has 1 atom stereocenters. The topological polar surface area (TPSA) is 59.2 Å². The van der Waals surface area contributed by atoms with Crippen molar-refractivity contribution >= 4 is 23.2 Å². The molecule has 1 aromatic heterocycles. The maximum Gasteiger partial charge on any atom is 0.227 e. The van der Waals surface area contributed by atoms with E-state index in [9.17, 15) is 4.79 Å². The third-order valence-electron chi connectivity index (χ3n) is 4.27. The lowest BCUT2D eigenvalue weighted by molar-refractivity contribution is -0.117. The van der Waals surface area contributed by atoms with Crippen LogP contribution in [-0.2, 0) is 11.2 Å². The molecule has 0 aliphatic carbocycles. The summed E-state index contributed by atoms with van der Waals surface area (Å²) in [4.78, 5) is 14.1. The standard InChI is InChI=1S/C19H16ClN3O2/c20-15-6-4-5-13(9-15)10-17-21-22-19(25-17)14-11-18(24)23(12-14)16-7-2-1-3-8-16/h1-9,14H,10-12H2/t14-/m0/s1. The van der Waals surface area contributed by atoms with E-state index in [1.54, 1.807) is 4.90 Å². The molecular weight excluding hydrogens is 338 g/mol. The molecule has 5 nitrogen and oxygen atoms in total. The van der Waals surface area contributed by atoms with Crippen LogP contribution >= 0.6 is 11.6 Å². The van der Waals surface area contributed by atoms with Crippen LogP contribution in [0, 0.1) is 0 Å². The van der Waals surface area contributed by atoms with Gasteiger partial charge in [-0.25, -0.2) is 0 Å². The zero-order chi connectivity index (χ0) is 17.2. The molecule has 2 aromatic carbocycles. The van der Waals surface area contributed by atoms with Crippen molar-refractivity contribution in [2.24, 2.45) is 0 Å². The van der Waals surface area contributed by atoms with Crippen molar-refractivity contribution in [1.29, 1.82) is 0 Å². The van der Waals surface area contributed by atoms with Crippen molar-refractivity contribution in [3.8, 4) is 0 Å². The maximum atomic E-state index is 12.3. The van der Waals surface area contributed by atoms with Crippen LogP contribution in [0.1, 0.15) is 29.7 Å². The van der Waals surface area contributed by atoms with Gasteiger partial charge in [-0.2, -0.15) is 0 Å². The number of para-hydroxylation sites is 1. The summed E-state index contributed by atoms with van der Waals surface area (Å²) in [6.07, 6.45) is 0.907. The molecule has 1 fully saturated rings. The van der Waals surface area contributed by atoms with E-state index in [1.165, 1.54) is 0 Å². The number of halogens is 1. The first kappa shape index (κ1) is 15.8. The van der Waals surface area contributed by atoms with Crippen LogP contribution in [0.4, 0.5) is 5.69 Å². The fraction of sp³-hybridized carbons (Fsp3) is 0.211. The van der Waals surface area contributed by atoms with Crippen molar-refractivity contribution in [3.63, 3.8) is 0 Å². The van der Waals surface area contributed by atoms with Gasteiger partial charge >= 0.3 is 0 Å². The molecule has 6 heteroatoms. The molecule has 0 N–H and O–H groups in total. The minimum Gasteiger partial charge on any atom is -0.425 e. The van der Waals surface area contributed by atoms with Crippen LogP contribution in [0.25, 0.3) is 0 Å². The zero-order valence-corrected chi connectivity index (χ0v) is 14.2. The van der Waals surface area contributed by atoms with Gasteiger partial charge in [-0.3, -0.25) is 4.79 Å². The first-order valence-electron chi connectivity index (χ1n) is 8.11. The Labute approximate surface area is 150 Å². The average molecular weight is 354 g/mol. The average Bonchev–Trinajstić information content (AvgIpc) is 3.22. The van der Waals surface area contributed by atoms with Gasteiger partial charge in [0.05, 0.1) is 12.3 Å². The normalized spacial score (nSPS) is 17.2. The summed E-state index contributed by atoms with van der Waals surface area (Å²) in [6.45, 7) is 0.557. The molecule has 25 heavy (non-hydrogen) atoms. The lowest BCUT2D eigenvalue weighted by atomic mass is 10.1. The minimum atomic E-state index is -0.0756. The minimum absolute atomic E-state index is 0.0748. The summed E-state index contributed by atoms with van der Waals surface area (Å²) in [5.74, 6) is 1.05. The molecule has 0 saturated carbocycles. The SMILES string of the molecule is O=C1C[C@H](c2nnc(Cc3cccc(Cl)c3)o2)CN1c1ccccc1. The monoisotopic (exact) mass is 353 g/mol. The highest BCUT2D eigenvalue weighted by molar-refractivity contribution is 6.30. The Hall–Kier alpha value is -2.66. The number of benzene rings is 2. The molecule has 1 aliphatic rings. The van der Waals surface area contributed by atoms with Gasteiger partial charge in [0.25, 0.3) is 0 Å². The summed E-state index contributed by atoms with van der Waals surface area (Å²) in [7, 11) is 0. The van der Waals surface area contributed by atoms with Gasteiger partial charge in [-0.15, -0.1) is 10.2 Å². The predicted octanol–water partition coefficient (Wildman–Crippen LogP) is 3.83. The third-order valence-corrected chi connectivity index (χ3v) is 4.50. The number of carbonyl (C=O) groups is 1. The number of nitrogens with zero attached hydrogens (tertiary/aromatic N) is 3. The molecule has 0 unspecified atom stereocenters. The van der Waals surface area contributed by atoms with Crippen molar-refractivity contribution < 1.29 is 9.21 Å². The van der Waals surface area contributed by atoms with Crippen LogP contribution in [0.3, 0.4) is 0 Å². The second-order valence-electron chi connectivity index (χ2n) is 6.08. The Morgan fingerprint density at radius 1 is 1.12 bits per heavy atom. The Morgan fingerprint density at radius 3 is 2.76 bits per heavy atom. The summed E-state index contributed by atoms with van der Waals surface area (Å²) in [5, 5.41) is 8.95. The van der Waals surface area contributed by atoms with Gasteiger partial charge in [-0.1, -0.05) is 41.9 Å². The predicted molar refractivity (Wildman–Crippen MR) is 94.7 cm³/mol. The Kier molecular flexibility index (Phi) is 4.24. The number of rotatable bonds is 4. The summed E-state index contributed by atoms with van der Waals surface area (Å²) >= 11 is 6.00. The molecule has 126 valence electrons. The van der Waals surface area contributed by atoms with Crippen molar-refractivity contribution in [2.45, 2.75) is 18.8 Å². The highest BCUT2D eigenvalue weighted by atomic mass is 35.5. The molecular formula is C19H16ClN3O2. The molecule has 0 spiro atoms. The number of aromatic nitrogens is 2. The van der Waals surface area contributed by atoms with Crippen LogP contribution in [-0.4, -0.2) is 22.6 Å². The van der Waals surface area contributed by atoms with E-state index < -0.39 is 0 Å². The number of amides is 1. The molecule has 4 rings (SSSR count). The van der Waals surface area contributed by atoms with E-state index in [-0.39, 0.29) is 11.8 Å². The first-order chi connectivity index (χ1) is 12.2. The number of anilines is 1. The van der Waals surface area contributed by atoms with Gasteiger partial charge < -0.3 is 9.32 Å². The largest absolute Gasteiger partial charge is 0.425 e. The Bertz CT molecular complexity index is 894. The Morgan fingerprint density at radius 2 is 1.96 bits per heavy atom. The molecule has 1 amide bonds. The van der Waals surface area contributed by atoms with Gasteiger partial charge in [0.1, 0.15) is 0 Å². The second-order valence-corrected chi connectivity index (χ2v) is 6.52. The van der Waals surface area contributed by atoms with E-state index in [4.69, 9.17) is 16.0 Å². The molecule has 0 bridgehead atoms. The summed E-state index contributed by atoms with van der Waals surface area (Å²) in [5.41, 5.74) is 1.91. The van der Waals surface area contributed by atoms with E-state index in [1.807, 2.05) is 54.6 Å². The lowest BCUT2D eigenvalue weighted by Crippen LogP contribution is -2.24. The Balaban J connectivity index is 1.48. The quantitative estimate of drug-likeness (QED) is 0.715. The summed E-state index contributed by atoms with van der Waals surface area (Å²) < 4.78 is 5.80. The van der Waals surface area contributed by atoms with Crippen LogP contribution in [0.5, 0.6) is 0 Å². The van der Waals surface area contributed by atoms with Crippen LogP contribution < -0.4 is 4.90 Å². The molecule has 3 aromatic rings. The van der Waals surface area contributed by atoms with Crippen molar-refractivity contribution in [3.05, 3.63) is 77.0 Å². The van der Waals surface area contributed by atoms with E-state index in [0.717, 1.165) is 11.3 Å². The van der Waals surface area contributed by atoms with Gasteiger partial charge in [-0.05, 0) is 29.8 Å². The van der Waals surface area contributed by atoms with Crippen LogP contribution in [0.2, 0.25) is 5.02 Å². The highest BCUT2D eigenvalue weighted by Crippen LogP contribution is 2.31. The lowest BCUT2D eigenvalue weighted by Gasteiger charge is -2.15. The highest BCUT2D eigenvalue weighted by Gasteiger charge is 2.34. The van der Waals surface area contributed by atoms with E-state index in [2.05, 4.69) is 10.2 Å². The number of hydrogen-bond donors (Lipinski definition) is 0. The van der Waals surface area contributed by atoms with E-state index in [0.29, 0.717) is 36.2 Å². The third kappa shape index (κ3) is 3.42. The summed E-state index contributed by atoms with van der Waals surface area (Å²) in [6, 6.07) is 17.2. The zero-order valence-electron chi connectivity index (χ0n) is 13.4. The fourth-order valence-electron chi connectivity index (χ4n) is 3.06. The molecule has 0 radical (unpaired) electrons. The smallest absolute Gasteiger partial charge is 0.227 e. The van der Waals surface area contributed by atoms with Gasteiger partial charge in [0.15, 0.2) is 0 Å². The van der Waals surface area contributed by atoms with Gasteiger partial charge in [0, 0.05) is 23.7 Å².